The molecule has 28 heavy (non-hydrogen) atoms. The Balaban J connectivity index is 1.64. The van der Waals surface area contributed by atoms with Crippen LogP contribution in [0.4, 0.5) is 5.69 Å². The molecule has 0 saturated carbocycles. The van der Waals surface area contributed by atoms with Crippen LogP contribution in [0.25, 0.3) is 5.78 Å². The topological polar surface area (TPSA) is 72.2 Å². The molecule has 0 unspecified atom stereocenters. The first kappa shape index (κ1) is 18.6. The zero-order valence-corrected chi connectivity index (χ0v) is 17.4. The number of carbonyl (C=O) groups is 1. The number of nitrogens with one attached hydrogen (secondary N) is 1. The first-order valence-electron chi connectivity index (χ1n) is 8.67. The Morgan fingerprint density at radius 3 is 2.75 bits per heavy atom. The van der Waals surface area contributed by atoms with Gasteiger partial charge in [-0.15, -0.1) is 0 Å². The summed E-state index contributed by atoms with van der Waals surface area (Å²) in [7, 11) is 0. The standard InChI is InChI=1S/C20H16BrN5OS/c1-2-15-11-18(26-20(24-15)22-12-23-26)28-17-6-4-3-5-16(17)25-19(27)13-7-9-14(21)10-8-13/h3-12H,2H2,1H3,(H,25,27). The van der Waals surface area contributed by atoms with Gasteiger partial charge in [-0.05, 0) is 48.9 Å². The molecule has 0 radical (unpaired) electrons. The van der Waals surface area contributed by atoms with Crippen molar-refractivity contribution in [2.24, 2.45) is 0 Å². The Labute approximate surface area is 174 Å². The van der Waals surface area contributed by atoms with Gasteiger partial charge in [-0.25, -0.2) is 4.98 Å². The van der Waals surface area contributed by atoms with Crippen molar-refractivity contribution in [1.82, 2.24) is 19.6 Å². The third kappa shape index (κ3) is 3.93. The Morgan fingerprint density at radius 1 is 1.18 bits per heavy atom. The van der Waals surface area contributed by atoms with Crippen LogP contribution >= 0.6 is 27.7 Å². The van der Waals surface area contributed by atoms with E-state index in [4.69, 9.17) is 0 Å². The second-order valence-electron chi connectivity index (χ2n) is 5.97. The fourth-order valence-electron chi connectivity index (χ4n) is 2.65. The molecule has 2 aromatic carbocycles. The van der Waals surface area contributed by atoms with Crippen molar-refractivity contribution < 1.29 is 4.79 Å². The van der Waals surface area contributed by atoms with Crippen LogP contribution in [-0.2, 0) is 6.42 Å². The molecule has 4 rings (SSSR count). The maximum absolute atomic E-state index is 12.6. The van der Waals surface area contributed by atoms with Crippen LogP contribution in [0.5, 0.6) is 0 Å². The van der Waals surface area contributed by atoms with E-state index in [2.05, 4.69) is 43.2 Å². The first-order chi connectivity index (χ1) is 13.6. The van der Waals surface area contributed by atoms with Crippen molar-refractivity contribution >= 4 is 45.1 Å². The number of aryl methyl sites for hydroxylation is 1. The van der Waals surface area contributed by atoms with Gasteiger partial charge < -0.3 is 5.32 Å². The molecule has 8 heteroatoms. The summed E-state index contributed by atoms with van der Waals surface area (Å²) in [4.78, 5) is 22.2. The number of nitrogens with zero attached hydrogens (tertiary/aromatic N) is 4. The highest BCUT2D eigenvalue weighted by Gasteiger charge is 2.13. The number of halogens is 1. The Bertz CT molecular complexity index is 1140. The zero-order valence-electron chi connectivity index (χ0n) is 15.0. The number of para-hydroxylation sites is 1. The van der Waals surface area contributed by atoms with Crippen molar-refractivity contribution in [2.45, 2.75) is 23.3 Å². The molecule has 0 spiro atoms. The third-order valence-corrected chi connectivity index (χ3v) is 5.70. The van der Waals surface area contributed by atoms with Gasteiger partial charge in [-0.1, -0.05) is 46.7 Å². The summed E-state index contributed by atoms with van der Waals surface area (Å²) in [5.41, 5.74) is 2.28. The lowest BCUT2D eigenvalue weighted by atomic mass is 10.2. The highest BCUT2D eigenvalue weighted by atomic mass is 79.9. The lowest BCUT2D eigenvalue weighted by Gasteiger charge is -2.12. The minimum absolute atomic E-state index is 0.157. The fourth-order valence-corrected chi connectivity index (χ4v) is 3.93. The van der Waals surface area contributed by atoms with Gasteiger partial charge in [0.05, 0.1) is 5.69 Å². The van der Waals surface area contributed by atoms with E-state index >= 15 is 0 Å². The number of hydrogen-bond donors (Lipinski definition) is 1. The van der Waals surface area contributed by atoms with E-state index in [1.165, 1.54) is 18.1 Å². The smallest absolute Gasteiger partial charge is 0.255 e. The predicted molar refractivity (Wildman–Crippen MR) is 113 cm³/mol. The summed E-state index contributed by atoms with van der Waals surface area (Å²) in [5.74, 6) is 0.411. The second-order valence-corrected chi connectivity index (χ2v) is 7.95. The molecule has 2 heterocycles. The first-order valence-corrected chi connectivity index (χ1v) is 10.3. The number of rotatable bonds is 5. The van der Waals surface area contributed by atoms with Crippen LogP contribution < -0.4 is 5.32 Å². The van der Waals surface area contributed by atoms with E-state index in [0.717, 1.165) is 32.2 Å². The molecule has 0 fully saturated rings. The average molecular weight is 454 g/mol. The summed E-state index contributed by atoms with van der Waals surface area (Å²) < 4.78 is 2.64. The average Bonchev–Trinajstić information content (AvgIpc) is 3.18. The molecular weight excluding hydrogens is 438 g/mol. The lowest BCUT2D eigenvalue weighted by molar-refractivity contribution is 0.102. The van der Waals surface area contributed by atoms with E-state index < -0.39 is 0 Å². The van der Waals surface area contributed by atoms with Gasteiger partial charge in [0.1, 0.15) is 11.4 Å². The molecule has 1 amide bonds. The number of benzene rings is 2. The van der Waals surface area contributed by atoms with Gasteiger partial charge in [0.15, 0.2) is 0 Å². The van der Waals surface area contributed by atoms with E-state index in [1.807, 2.05) is 42.5 Å². The van der Waals surface area contributed by atoms with Crippen LogP contribution in [0.15, 0.2) is 75.3 Å². The van der Waals surface area contributed by atoms with Crippen molar-refractivity contribution in [3.8, 4) is 0 Å². The van der Waals surface area contributed by atoms with Crippen molar-refractivity contribution in [2.75, 3.05) is 5.32 Å². The van der Waals surface area contributed by atoms with E-state index in [-0.39, 0.29) is 5.91 Å². The van der Waals surface area contributed by atoms with Gasteiger partial charge in [-0.3, -0.25) is 4.79 Å². The minimum Gasteiger partial charge on any atom is -0.321 e. The maximum Gasteiger partial charge on any atom is 0.255 e. The van der Waals surface area contributed by atoms with Crippen molar-refractivity contribution in [3.05, 3.63) is 76.7 Å². The van der Waals surface area contributed by atoms with Gasteiger partial charge >= 0.3 is 0 Å². The molecule has 140 valence electrons. The lowest BCUT2D eigenvalue weighted by Crippen LogP contribution is -2.12. The van der Waals surface area contributed by atoms with Gasteiger partial charge in [0.25, 0.3) is 11.7 Å². The molecule has 6 nitrogen and oxygen atoms in total. The third-order valence-electron chi connectivity index (χ3n) is 4.09. The van der Waals surface area contributed by atoms with E-state index in [0.29, 0.717) is 11.3 Å². The maximum atomic E-state index is 12.6. The zero-order chi connectivity index (χ0) is 19.5. The molecule has 0 aliphatic carbocycles. The van der Waals surface area contributed by atoms with E-state index in [9.17, 15) is 4.79 Å². The van der Waals surface area contributed by atoms with Crippen molar-refractivity contribution in [3.63, 3.8) is 0 Å². The minimum atomic E-state index is -0.157. The molecule has 0 saturated heterocycles. The van der Waals surface area contributed by atoms with Crippen LogP contribution in [0.2, 0.25) is 0 Å². The predicted octanol–water partition coefficient (Wildman–Crippen LogP) is 4.85. The van der Waals surface area contributed by atoms with Gasteiger partial charge in [0, 0.05) is 20.6 Å². The fraction of sp³-hybridized carbons (Fsp3) is 0.100. The molecule has 0 aliphatic rings. The number of fused-ring (bicyclic) bond motifs is 1. The molecule has 2 aromatic heterocycles. The molecule has 0 atom stereocenters. The summed E-state index contributed by atoms with van der Waals surface area (Å²) in [6, 6.07) is 17.0. The Kier molecular flexibility index (Phi) is 5.40. The van der Waals surface area contributed by atoms with E-state index in [1.54, 1.807) is 16.6 Å². The SMILES string of the molecule is CCc1cc(Sc2ccccc2NC(=O)c2ccc(Br)cc2)n2ncnc2n1. The molecule has 1 N–H and O–H groups in total. The van der Waals surface area contributed by atoms with Crippen LogP contribution in [-0.4, -0.2) is 25.5 Å². The molecule has 4 aromatic rings. The second kappa shape index (κ2) is 8.12. The monoisotopic (exact) mass is 453 g/mol. The van der Waals surface area contributed by atoms with Crippen LogP contribution in [0, 0.1) is 0 Å². The highest BCUT2D eigenvalue weighted by Crippen LogP contribution is 2.33. The number of carbonyl (C=O) groups excluding carboxylic acids is 1. The van der Waals surface area contributed by atoms with Gasteiger partial charge in [-0.2, -0.15) is 14.6 Å². The summed E-state index contributed by atoms with van der Waals surface area (Å²) in [5, 5.41) is 8.16. The summed E-state index contributed by atoms with van der Waals surface area (Å²) in [6.07, 6.45) is 2.30. The number of hydrogen-bond acceptors (Lipinski definition) is 5. The summed E-state index contributed by atoms with van der Waals surface area (Å²) >= 11 is 4.90. The summed E-state index contributed by atoms with van der Waals surface area (Å²) in [6.45, 7) is 2.05. The highest BCUT2D eigenvalue weighted by molar-refractivity contribution is 9.10. The molecule has 0 bridgehead atoms. The molecular formula is C20H16BrN5OS. The number of aromatic nitrogens is 4. The normalized spacial score (nSPS) is 10.9. The number of amides is 1. The largest absolute Gasteiger partial charge is 0.321 e. The molecule has 0 aliphatic heterocycles. The van der Waals surface area contributed by atoms with Crippen LogP contribution in [0.1, 0.15) is 23.0 Å². The quantitative estimate of drug-likeness (QED) is 0.437. The van der Waals surface area contributed by atoms with Crippen LogP contribution in [0.3, 0.4) is 0 Å². The Hall–Kier alpha value is -2.71. The number of anilines is 1. The van der Waals surface area contributed by atoms with Gasteiger partial charge in [0.2, 0.25) is 0 Å². The van der Waals surface area contributed by atoms with Crippen molar-refractivity contribution in [1.29, 1.82) is 0 Å². The Morgan fingerprint density at radius 2 is 1.96 bits per heavy atom.